The van der Waals surface area contributed by atoms with Crippen LogP contribution in [0.2, 0.25) is 0 Å². The zero-order chi connectivity index (χ0) is 7.28. The zero-order valence-electron chi connectivity index (χ0n) is 5.20. The molecule has 1 N–H and O–H groups in total. The molecule has 4 heteroatoms. The first-order valence-corrected chi connectivity index (χ1v) is 4.27. The van der Waals surface area contributed by atoms with Gasteiger partial charge in [0.2, 0.25) is 0 Å². The summed E-state index contributed by atoms with van der Waals surface area (Å²) < 4.78 is -0.551. The zero-order valence-corrected chi connectivity index (χ0v) is 6.91. The summed E-state index contributed by atoms with van der Waals surface area (Å²) in [6.07, 6.45) is 0.995. The fourth-order valence-electron chi connectivity index (χ4n) is 0.301. The maximum Gasteiger partial charge on any atom is 0.326 e. The lowest BCUT2D eigenvalue weighted by molar-refractivity contribution is -0.134. The fraction of sp³-hybridized carbons (Fsp3) is 0.800. The fourth-order valence-corrected chi connectivity index (χ4v) is 1.22. The minimum Gasteiger partial charge on any atom is -0.480 e. The Morgan fingerprint density at radius 2 is 2.44 bits per heavy atom. The number of carboxylic acids is 1. The first kappa shape index (κ1) is 9.17. The first-order chi connectivity index (χ1) is 4.18. The van der Waals surface area contributed by atoms with Gasteiger partial charge in [0.15, 0.2) is 0 Å². The Kier molecular flexibility index (Phi) is 5.09. The van der Waals surface area contributed by atoms with Gasteiger partial charge in [0, 0.05) is 0 Å². The van der Waals surface area contributed by atoms with Crippen LogP contribution in [0.15, 0.2) is 0 Å². The molecule has 0 bridgehead atoms. The molecule has 0 amide bonds. The van der Waals surface area contributed by atoms with Crippen LogP contribution in [0.4, 0.5) is 0 Å². The van der Waals surface area contributed by atoms with Gasteiger partial charge in [-0.15, -0.1) is 11.8 Å². The summed E-state index contributed by atoms with van der Waals surface area (Å²) in [5.41, 5.74) is 0. The predicted molar refractivity (Wildman–Crippen MR) is 43.2 cm³/mol. The second-order valence-electron chi connectivity index (χ2n) is 1.56. The van der Waals surface area contributed by atoms with E-state index in [0.29, 0.717) is 0 Å². The largest absolute Gasteiger partial charge is 0.480 e. The maximum atomic E-state index is 10.1. The van der Waals surface area contributed by atoms with Gasteiger partial charge in [0.1, 0.15) is 4.58 Å². The van der Waals surface area contributed by atoms with Crippen LogP contribution in [-0.2, 0) is 4.79 Å². The lowest BCUT2D eigenvalue weighted by Crippen LogP contribution is -2.08. The Morgan fingerprint density at radius 1 is 1.89 bits per heavy atom. The molecule has 0 fully saturated rings. The molecule has 1 unspecified atom stereocenters. The molecule has 0 aliphatic rings. The number of rotatable bonds is 4. The van der Waals surface area contributed by atoms with Crippen molar-refractivity contribution in [1.29, 1.82) is 0 Å². The number of hydrogen-bond acceptors (Lipinski definition) is 3. The van der Waals surface area contributed by atoms with E-state index in [2.05, 4.69) is 12.6 Å². The molecule has 0 aliphatic heterocycles. The van der Waals surface area contributed by atoms with Crippen LogP contribution < -0.4 is 0 Å². The van der Waals surface area contributed by atoms with E-state index >= 15 is 0 Å². The topological polar surface area (TPSA) is 37.3 Å². The maximum absolute atomic E-state index is 10.1. The standard InChI is InChI=1S/C5H10O2S2/c1-2-3-9-5(8)4(6)7/h5,8H,2-3H2,1H3,(H,6,7). The molecule has 0 aromatic rings. The third kappa shape index (κ3) is 4.66. The minimum absolute atomic E-state index is 0.551. The van der Waals surface area contributed by atoms with Gasteiger partial charge in [-0.3, -0.25) is 4.79 Å². The van der Waals surface area contributed by atoms with Crippen molar-refractivity contribution >= 4 is 30.4 Å². The molecule has 54 valence electrons. The summed E-state index contributed by atoms with van der Waals surface area (Å²) >= 11 is 5.17. The molecular weight excluding hydrogens is 156 g/mol. The first-order valence-electron chi connectivity index (χ1n) is 2.71. The van der Waals surface area contributed by atoms with Crippen LogP contribution in [0.25, 0.3) is 0 Å². The summed E-state index contributed by atoms with van der Waals surface area (Å²) in [6, 6.07) is 0. The molecule has 0 rings (SSSR count). The number of thioether (sulfide) groups is 1. The quantitative estimate of drug-likeness (QED) is 0.490. The van der Waals surface area contributed by atoms with Crippen LogP contribution in [-0.4, -0.2) is 21.4 Å². The molecule has 0 spiro atoms. The van der Waals surface area contributed by atoms with Crippen molar-refractivity contribution in [3.63, 3.8) is 0 Å². The van der Waals surface area contributed by atoms with Crippen LogP contribution in [0, 0.1) is 0 Å². The third-order valence-corrected chi connectivity index (χ3v) is 2.52. The second-order valence-corrected chi connectivity index (χ2v) is 3.64. The summed E-state index contributed by atoms with van der Waals surface area (Å²) in [5, 5.41) is 8.31. The summed E-state index contributed by atoms with van der Waals surface area (Å²) in [5.74, 6) is 0.0114. The van der Waals surface area contributed by atoms with Gasteiger partial charge >= 0.3 is 5.97 Å². The van der Waals surface area contributed by atoms with Gasteiger partial charge in [0.25, 0.3) is 0 Å². The van der Waals surface area contributed by atoms with Crippen molar-refractivity contribution in [2.75, 3.05) is 5.75 Å². The van der Waals surface area contributed by atoms with E-state index in [9.17, 15) is 4.79 Å². The SMILES string of the molecule is CCCSC(S)C(=O)O. The van der Waals surface area contributed by atoms with Crippen molar-refractivity contribution < 1.29 is 9.90 Å². The van der Waals surface area contributed by atoms with E-state index in [1.807, 2.05) is 6.92 Å². The summed E-state index contributed by atoms with van der Waals surface area (Å²) in [4.78, 5) is 10.1. The Hall–Kier alpha value is 0.170. The summed E-state index contributed by atoms with van der Waals surface area (Å²) in [7, 11) is 0. The van der Waals surface area contributed by atoms with E-state index in [1.165, 1.54) is 11.8 Å². The molecule has 0 radical (unpaired) electrons. The normalized spacial score (nSPS) is 13.1. The summed E-state index contributed by atoms with van der Waals surface area (Å²) in [6.45, 7) is 2.01. The number of carbonyl (C=O) groups is 1. The van der Waals surface area contributed by atoms with Crippen LogP contribution in [0.1, 0.15) is 13.3 Å². The number of thiol groups is 1. The monoisotopic (exact) mass is 166 g/mol. The lowest BCUT2D eigenvalue weighted by Gasteiger charge is -2.01. The van der Waals surface area contributed by atoms with E-state index < -0.39 is 10.6 Å². The third-order valence-electron chi connectivity index (χ3n) is 0.691. The Labute approximate surface area is 64.4 Å². The lowest BCUT2D eigenvalue weighted by atomic mass is 10.6. The van der Waals surface area contributed by atoms with Gasteiger partial charge in [-0.05, 0) is 12.2 Å². The van der Waals surface area contributed by atoms with Crippen LogP contribution in [0.3, 0.4) is 0 Å². The van der Waals surface area contributed by atoms with Crippen molar-refractivity contribution in [3.8, 4) is 0 Å². The van der Waals surface area contributed by atoms with E-state index in [-0.39, 0.29) is 0 Å². The minimum atomic E-state index is -0.850. The van der Waals surface area contributed by atoms with Crippen molar-refractivity contribution in [3.05, 3.63) is 0 Å². The van der Waals surface area contributed by atoms with Crippen LogP contribution in [0.5, 0.6) is 0 Å². The average molecular weight is 166 g/mol. The van der Waals surface area contributed by atoms with E-state index in [4.69, 9.17) is 5.11 Å². The number of aliphatic carboxylic acids is 1. The Balaban J connectivity index is 3.27. The number of carboxylic acid groups (broad SMARTS) is 1. The van der Waals surface area contributed by atoms with Gasteiger partial charge in [-0.25, -0.2) is 0 Å². The van der Waals surface area contributed by atoms with Crippen LogP contribution >= 0.6 is 24.4 Å². The molecule has 0 aliphatic carbocycles. The van der Waals surface area contributed by atoms with Crippen molar-refractivity contribution in [2.24, 2.45) is 0 Å². The van der Waals surface area contributed by atoms with Gasteiger partial charge in [-0.2, -0.15) is 12.6 Å². The molecule has 9 heavy (non-hydrogen) atoms. The predicted octanol–water partition coefficient (Wildman–Crippen LogP) is 1.47. The highest BCUT2D eigenvalue weighted by molar-refractivity contribution is 8.11. The molecule has 1 atom stereocenters. The molecular formula is C5H10O2S2. The highest BCUT2D eigenvalue weighted by Crippen LogP contribution is 2.14. The molecule has 0 heterocycles. The second kappa shape index (κ2) is 4.99. The van der Waals surface area contributed by atoms with Crippen molar-refractivity contribution in [1.82, 2.24) is 0 Å². The smallest absolute Gasteiger partial charge is 0.326 e. The Morgan fingerprint density at radius 3 is 2.78 bits per heavy atom. The highest BCUT2D eigenvalue weighted by atomic mass is 32.2. The molecule has 0 aromatic heterocycles. The Bertz CT molecular complexity index is 95.0. The highest BCUT2D eigenvalue weighted by Gasteiger charge is 2.09. The van der Waals surface area contributed by atoms with Gasteiger partial charge < -0.3 is 5.11 Å². The molecule has 0 saturated heterocycles. The average Bonchev–Trinajstić information content (AvgIpc) is 1.82. The molecule has 2 nitrogen and oxygen atoms in total. The molecule has 0 aromatic carbocycles. The van der Waals surface area contributed by atoms with E-state index in [1.54, 1.807) is 0 Å². The number of hydrogen-bond donors (Lipinski definition) is 2. The molecule has 0 saturated carbocycles. The van der Waals surface area contributed by atoms with E-state index in [0.717, 1.165) is 12.2 Å². The van der Waals surface area contributed by atoms with Gasteiger partial charge in [0.05, 0.1) is 0 Å². The van der Waals surface area contributed by atoms with Gasteiger partial charge in [-0.1, -0.05) is 6.92 Å². The van der Waals surface area contributed by atoms with Crippen molar-refractivity contribution in [2.45, 2.75) is 17.9 Å².